The highest BCUT2D eigenvalue weighted by molar-refractivity contribution is 5.37. The van der Waals surface area contributed by atoms with E-state index in [1.165, 1.54) is 0 Å². The number of hydrogen-bond donors (Lipinski definition) is 2. The number of nitrogen functional groups attached to an aromatic ring is 1. The van der Waals surface area contributed by atoms with Gasteiger partial charge in [-0.25, -0.2) is 20.2 Å². The minimum Gasteiger partial charge on any atom is -0.374 e. The SMILES string of the molecule is Cc1nc(C2CC3CCC2O3)nc(NN)c1F. The van der Waals surface area contributed by atoms with Crippen LogP contribution in [0.25, 0.3) is 0 Å². The van der Waals surface area contributed by atoms with Crippen LogP contribution in [0.15, 0.2) is 0 Å². The molecule has 1 aromatic rings. The summed E-state index contributed by atoms with van der Waals surface area (Å²) in [6, 6.07) is 0. The molecule has 2 bridgehead atoms. The first kappa shape index (κ1) is 10.9. The van der Waals surface area contributed by atoms with Crippen molar-refractivity contribution in [2.24, 2.45) is 5.84 Å². The molecule has 2 aliphatic rings. The van der Waals surface area contributed by atoms with E-state index in [1.807, 2.05) is 0 Å². The molecule has 0 aromatic carbocycles. The van der Waals surface area contributed by atoms with Crippen molar-refractivity contribution in [3.8, 4) is 0 Å². The Hall–Kier alpha value is -1.27. The zero-order valence-corrected chi connectivity index (χ0v) is 9.61. The summed E-state index contributed by atoms with van der Waals surface area (Å²) in [5, 5.41) is 0. The van der Waals surface area contributed by atoms with Gasteiger partial charge in [0, 0.05) is 5.92 Å². The van der Waals surface area contributed by atoms with Crippen molar-refractivity contribution in [2.75, 3.05) is 5.43 Å². The van der Waals surface area contributed by atoms with E-state index in [2.05, 4.69) is 15.4 Å². The van der Waals surface area contributed by atoms with E-state index in [-0.39, 0.29) is 17.8 Å². The molecule has 0 radical (unpaired) electrons. The van der Waals surface area contributed by atoms with Gasteiger partial charge < -0.3 is 10.2 Å². The molecule has 3 atom stereocenters. The Bertz CT molecular complexity index is 453. The number of halogens is 1. The average molecular weight is 238 g/mol. The van der Waals surface area contributed by atoms with E-state index in [4.69, 9.17) is 10.6 Å². The molecule has 2 saturated heterocycles. The van der Waals surface area contributed by atoms with Crippen molar-refractivity contribution in [3.05, 3.63) is 17.3 Å². The maximum absolute atomic E-state index is 13.6. The predicted octanol–water partition coefficient (Wildman–Crippen LogP) is 1.24. The van der Waals surface area contributed by atoms with Gasteiger partial charge in [-0.3, -0.25) is 0 Å². The Morgan fingerprint density at radius 3 is 2.82 bits per heavy atom. The molecule has 3 N–H and O–H groups in total. The quantitative estimate of drug-likeness (QED) is 0.599. The molecule has 5 nitrogen and oxygen atoms in total. The van der Waals surface area contributed by atoms with Crippen LogP contribution in [0.5, 0.6) is 0 Å². The molecule has 1 aromatic heterocycles. The van der Waals surface area contributed by atoms with Crippen LogP contribution in [0.3, 0.4) is 0 Å². The molecule has 2 aliphatic heterocycles. The summed E-state index contributed by atoms with van der Waals surface area (Å²) in [6.45, 7) is 1.62. The maximum Gasteiger partial charge on any atom is 0.187 e. The molecule has 0 aliphatic carbocycles. The third-order valence-electron chi connectivity index (χ3n) is 3.61. The van der Waals surface area contributed by atoms with E-state index >= 15 is 0 Å². The first-order chi connectivity index (χ1) is 8.19. The molecular weight excluding hydrogens is 223 g/mol. The van der Waals surface area contributed by atoms with Crippen molar-refractivity contribution in [2.45, 2.75) is 44.3 Å². The van der Waals surface area contributed by atoms with Gasteiger partial charge >= 0.3 is 0 Å². The maximum atomic E-state index is 13.6. The topological polar surface area (TPSA) is 73.1 Å². The van der Waals surface area contributed by atoms with E-state index in [9.17, 15) is 4.39 Å². The number of rotatable bonds is 2. The van der Waals surface area contributed by atoms with Gasteiger partial charge in [0.2, 0.25) is 0 Å². The lowest BCUT2D eigenvalue weighted by molar-refractivity contribution is 0.0998. The van der Waals surface area contributed by atoms with Gasteiger partial charge in [0.1, 0.15) is 5.82 Å². The Balaban J connectivity index is 1.95. The lowest BCUT2D eigenvalue weighted by Gasteiger charge is -2.18. The van der Waals surface area contributed by atoms with Crippen LogP contribution < -0.4 is 11.3 Å². The summed E-state index contributed by atoms with van der Waals surface area (Å²) in [4.78, 5) is 8.37. The molecule has 17 heavy (non-hydrogen) atoms. The van der Waals surface area contributed by atoms with Crippen LogP contribution in [0.4, 0.5) is 10.2 Å². The lowest BCUT2D eigenvalue weighted by Crippen LogP contribution is -2.20. The minimum atomic E-state index is -0.486. The number of aryl methyl sites for hydroxylation is 1. The van der Waals surface area contributed by atoms with Crippen LogP contribution in [-0.2, 0) is 4.74 Å². The summed E-state index contributed by atoms with van der Waals surface area (Å²) in [5.41, 5.74) is 2.60. The number of nitrogens with two attached hydrogens (primary N) is 1. The zero-order chi connectivity index (χ0) is 12.0. The predicted molar refractivity (Wildman–Crippen MR) is 59.8 cm³/mol. The number of hydrogen-bond acceptors (Lipinski definition) is 5. The number of nitrogens with zero attached hydrogens (tertiary/aromatic N) is 2. The normalized spacial score (nSPS) is 30.9. The van der Waals surface area contributed by atoms with Gasteiger partial charge in [-0.2, -0.15) is 0 Å². The first-order valence-electron chi connectivity index (χ1n) is 5.85. The molecule has 0 amide bonds. The van der Waals surface area contributed by atoms with E-state index < -0.39 is 5.82 Å². The number of anilines is 1. The van der Waals surface area contributed by atoms with Gasteiger partial charge in [-0.05, 0) is 26.2 Å². The third-order valence-corrected chi connectivity index (χ3v) is 3.61. The highest BCUT2D eigenvalue weighted by Crippen LogP contribution is 2.43. The smallest absolute Gasteiger partial charge is 0.187 e. The molecule has 0 saturated carbocycles. The van der Waals surface area contributed by atoms with Gasteiger partial charge in [-0.15, -0.1) is 0 Å². The lowest BCUT2D eigenvalue weighted by atomic mass is 9.88. The molecule has 2 fully saturated rings. The molecule has 92 valence electrons. The fraction of sp³-hybridized carbons (Fsp3) is 0.636. The second-order valence-corrected chi connectivity index (χ2v) is 4.69. The fourth-order valence-corrected chi connectivity index (χ4v) is 2.75. The van der Waals surface area contributed by atoms with Crippen LogP contribution in [0.1, 0.15) is 36.7 Å². The van der Waals surface area contributed by atoms with E-state index in [0.29, 0.717) is 17.6 Å². The number of nitrogens with one attached hydrogen (secondary N) is 1. The standard InChI is InChI=1S/C11H15FN4O/c1-5-9(12)11(16-13)15-10(14-5)7-4-6-2-3-8(7)17-6/h6-8H,2-4,13H2,1H3,(H,14,15,16). The highest BCUT2D eigenvalue weighted by atomic mass is 19.1. The molecule has 6 heteroatoms. The Morgan fingerprint density at radius 2 is 2.24 bits per heavy atom. The summed E-state index contributed by atoms with van der Waals surface area (Å²) in [7, 11) is 0. The van der Waals surface area contributed by atoms with Crippen molar-refractivity contribution < 1.29 is 9.13 Å². The number of ether oxygens (including phenoxy) is 1. The van der Waals surface area contributed by atoms with Gasteiger partial charge in [-0.1, -0.05) is 0 Å². The third kappa shape index (κ3) is 1.68. The summed E-state index contributed by atoms with van der Waals surface area (Å²) < 4.78 is 19.3. The van der Waals surface area contributed by atoms with E-state index in [0.717, 1.165) is 19.3 Å². The monoisotopic (exact) mass is 238 g/mol. The molecule has 3 heterocycles. The number of fused-ring (bicyclic) bond motifs is 2. The second kappa shape index (κ2) is 3.89. The summed E-state index contributed by atoms with van der Waals surface area (Å²) in [6.07, 6.45) is 3.60. The van der Waals surface area contributed by atoms with Crippen LogP contribution in [0.2, 0.25) is 0 Å². The minimum absolute atomic E-state index is 0.0651. The summed E-state index contributed by atoms with van der Waals surface area (Å²) >= 11 is 0. The van der Waals surface area contributed by atoms with Gasteiger partial charge in [0.15, 0.2) is 11.6 Å². The van der Waals surface area contributed by atoms with Crippen molar-refractivity contribution in [1.82, 2.24) is 9.97 Å². The first-order valence-corrected chi connectivity index (χ1v) is 5.85. The van der Waals surface area contributed by atoms with Crippen molar-refractivity contribution in [1.29, 1.82) is 0 Å². The Kier molecular flexibility index (Phi) is 2.48. The molecule has 3 unspecified atom stereocenters. The van der Waals surface area contributed by atoms with E-state index in [1.54, 1.807) is 6.92 Å². The van der Waals surface area contributed by atoms with Crippen molar-refractivity contribution >= 4 is 5.82 Å². The van der Waals surface area contributed by atoms with Crippen molar-refractivity contribution in [3.63, 3.8) is 0 Å². The van der Waals surface area contributed by atoms with Gasteiger partial charge in [0.05, 0.1) is 17.9 Å². The number of hydrazine groups is 1. The Morgan fingerprint density at radius 1 is 1.41 bits per heavy atom. The number of aromatic nitrogens is 2. The zero-order valence-electron chi connectivity index (χ0n) is 9.61. The van der Waals surface area contributed by atoms with Crippen LogP contribution >= 0.6 is 0 Å². The average Bonchev–Trinajstić information content (AvgIpc) is 2.94. The van der Waals surface area contributed by atoms with Crippen LogP contribution in [0, 0.1) is 12.7 Å². The second-order valence-electron chi connectivity index (χ2n) is 4.69. The Labute approximate surface area is 98.6 Å². The van der Waals surface area contributed by atoms with Crippen LogP contribution in [-0.4, -0.2) is 22.2 Å². The molecular formula is C11H15FN4O. The highest BCUT2D eigenvalue weighted by Gasteiger charge is 2.43. The van der Waals surface area contributed by atoms with Gasteiger partial charge in [0.25, 0.3) is 0 Å². The largest absolute Gasteiger partial charge is 0.374 e. The fourth-order valence-electron chi connectivity index (χ4n) is 2.75. The summed E-state index contributed by atoms with van der Waals surface area (Å²) in [5.74, 6) is 5.65. The molecule has 3 rings (SSSR count). The molecule has 0 spiro atoms.